The number of rotatable bonds is 6. The second-order valence-electron chi connectivity index (χ2n) is 5.18. The summed E-state index contributed by atoms with van der Waals surface area (Å²) < 4.78 is 12.9. The number of aryl methyl sites for hydroxylation is 1. The molecule has 0 aliphatic rings. The van der Waals surface area contributed by atoms with Crippen LogP contribution in [0.1, 0.15) is 21.7 Å². The van der Waals surface area contributed by atoms with E-state index in [-0.39, 0.29) is 18.1 Å². The summed E-state index contributed by atoms with van der Waals surface area (Å²) in [6, 6.07) is 5.79. The average Bonchev–Trinajstić information content (AvgIpc) is 2.53. The maximum Gasteiger partial charge on any atom is 0.271 e. The van der Waals surface area contributed by atoms with E-state index in [9.17, 15) is 14.0 Å². The van der Waals surface area contributed by atoms with E-state index in [1.165, 1.54) is 24.5 Å². The third-order valence-corrected chi connectivity index (χ3v) is 3.32. The summed E-state index contributed by atoms with van der Waals surface area (Å²) in [4.78, 5) is 31.4. The first-order valence-corrected chi connectivity index (χ1v) is 7.06. The molecule has 0 aliphatic heterocycles. The monoisotopic (exact) mass is 316 g/mol. The van der Waals surface area contributed by atoms with Gasteiger partial charge in [0.25, 0.3) is 5.91 Å². The Morgan fingerprint density at radius 3 is 2.48 bits per heavy atom. The first-order chi connectivity index (χ1) is 11.0. The first kappa shape index (κ1) is 16.5. The Morgan fingerprint density at radius 2 is 1.91 bits per heavy atom. The van der Waals surface area contributed by atoms with Crippen molar-refractivity contribution in [1.82, 2.24) is 15.3 Å². The van der Waals surface area contributed by atoms with Crippen molar-refractivity contribution in [2.24, 2.45) is 11.7 Å². The maximum absolute atomic E-state index is 12.9. The highest BCUT2D eigenvalue weighted by Gasteiger charge is 2.18. The molecule has 120 valence electrons. The van der Waals surface area contributed by atoms with Crippen LogP contribution in [-0.2, 0) is 11.2 Å². The number of nitrogens with two attached hydrogens (primary N) is 1. The van der Waals surface area contributed by atoms with E-state index in [4.69, 9.17) is 5.73 Å². The number of hydrogen-bond acceptors (Lipinski definition) is 4. The Labute approximate surface area is 132 Å². The largest absolute Gasteiger partial charge is 0.369 e. The van der Waals surface area contributed by atoms with E-state index >= 15 is 0 Å². The number of benzene rings is 1. The molecule has 2 rings (SSSR count). The van der Waals surface area contributed by atoms with Gasteiger partial charge in [0.05, 0.1) is 17.8 Å². The van der Waals surface area contributed by atoms with Crippen LogP contribution >= 0.6 is 0 Å². The summed E-state index contributed by atoms with van der Waals surface area (Å²) in [7, 11) is 0. The van der Waals surface area contributed by atoms with Crippen molar-refractivity contribution >= 4 is 11.8 Å². The molecule has 0 unspecified atom stereocenters. The predicted molar refractivity (Wildman–Crippen MR) is 81.9 cm³/mol. The molecular weight excluding hydrogens is 299 g/mol. The van der Waals surface area contributed by atoms with Crippen LogP contribution in [-0.4, -0.2) is 28.3 Å². The molecule has 1 heterocycles. The zero-order valence-corrected chi connectivity index (χ0v) is 12.6. The fourth-order valence-electron chi connectivity index (χ4n) is 1.99. The van der Waals surface area contributed by atoms with Crippen LogP contribution in [0.15, 0.2) is 36.7 Å². The van der Waals surface area contributed by atoms with Crippen LogP contribution in [0.4, 0.5) is 4.39 Å². The molecule has 0 spiro atoms. The molecule has 1 atom stereocenters. The second-order valence-corrected chi connectivity index (χ2v) is 5.18. The molecule has 3 N–H and O–H groups in total. The van der Waals surface area contributed by atoms with Crippen LogP contribution in [0.2, 0.25) is 0 Å². The standard InChI is InChI=1S/C16H17FN4O2/c1-10-7-20-14(9-19-10)16(23)21-8-12(15(18)22)6-11-2-4-13(17)5-3-11/h2-5,7,9,12H,6,8H2,1H3,(H2,18,22)(H,21,23)/t12-/m1/s1. The molecule has 2 amide bonds. The van der Waals surface area contributed by atoms with E-state index in [0.29, 0.717) is 12.1 Å². The number of aromatic nitrogens is 2. The predicted octanol–water partition coefficient (Wildman–Crippen LogP) is 0.998. The van der Waals surface area contributed by atoms with Gasteiger partial charge in [-0.05, 0) is 31.0 Å². The van der Waals surface area contributed by atoms with Crippen molar-refractivity contribution in [2.45, 2.75) is 13.3 Å². The summed E-state index contributed by atoms with van der Waals surface area (Å²) in [5.74, 6) is -1.91. The molecule has 23 heavy (non-hydrogen) atoms. The topological polar surface area (TPSA) is 98.0 Å². The number of nitrogens with zero attached hydrogens (tertiary/aromatic N) is 2. The molecule has 1 aromatic heterocycles. The third kappa shape index (κ3) is 4.84. The number of carbonyl (C=O) groups is 2. The van der Waals surface area contributed by atoms with Gasteiger partial charge in [0, 0.05) is 12.7 Å². The van der Waals surface area contributed by atoms with Gasteiger partial charge in [0.15, 0.2) is 0 Å². The first-order valence-electron chi connectivity index (χ1n) is 7.06. The summed E-state index contributed by atoms with van der Waals surface area (Å²) in [6.07, 6.45) is 3.17. The van der Waals surface area contributed by atoms with Gasteiger partial charge in [-0.25, -0.2) is 9.37 Å². The lowest BCUT2D eigenvalue weighted by molar-refractivity contribution is -0.121. The highest BCUT2D eigenvalue weighted by Crippen LogP contribution is 2.10. The maximum atomic E-state index is 12.9. The minimum absolute atomic E-state index is 0.0705. The number of hydrogen-bond donors (Lipinski definition) is 2. The van der Waals surface area contributed by atoms with E-state index in [1.807, 2.05) is 0 Å². The fraction of sp³-hybridized carbons (Fsp3) is 0.250. The van der Waals surface area contributed by atoms with E-state index in [1.54, 1.807) is 19.1 Å². The van der Waals surface area contributed by atoms with Crippen molar-refractivity contribution < 1.29 is 14.0 Å². The fourth-order valence-corrected chi connectivity index (χ4v) is 1.99. The van der Waals surface area contributed by atoms with Crippen LogP contribution in [0.25, 0.3) is 0 Å². The molecule has 0 radical (unpaired) electrons. The number of carbonyl (C=O) groups excluding carboxylic acids is 2. The number of halogens is 1. The zero-order valence-electron chi connectivity index (χ0n) is 12.6. The molecule has 0 saturated carbocycles. The van der Waals surface area contributed by atoms with Gasteiger partial charge in [-0.15, -0.1) is 0 Å². The zero-order chi connectivity index (χ0) is 16.8. The molecule has 0 aliphatic carbocycles. The Hall–Kier alpha value is -2.83. The molecule has 7 heteroatoms. The van der Waals surface area contributed by atoms with Crippen LogP contribution in [0.3, 0.4) is 0 Å². The molecule has 0 fully saturated rings. The van der Waals surface area contributed by atoms with Gasteiger partial charge in [-0.1, -0.05) is 12.1 Å². The van der Waals surface area contributed by atoms with Gasteiger partial charge in [-0.3, -0.25) is 14.6 Å². The summed E-state index contributed by atoms with van der Waals surface area (Å²) in [5, 5.41) is 2.62. The van der Waals surface area contributed by atoms with Crippen molar-refractivity contribution in [2.75, 3.05) is 6.54 Å². The molecule has 2 aromatic rings. The smallest absolute Gasteiger partial charge is 0.271 e. The van der Waals surface area contributed by atoms with Crippen LogP contribution in [0, 0.1) is 18.7 Å². The second kappa shape index (κ2) is 7.44. The van der Waals surface area contributed by atoms with E-state index < -0.39 is 17.7 Å². The normalized spacial score (nSPS) is 11.7. The lowest BCUT2D eigenvalue weighted by atomic mass is 9.98. The molecule has 1 aromatic carbocycles. The number of amides is 2. The van der Waals surface area contributed by atoms with Gasteiger partial charge in [0.2, 0.25) is 5.91 Å². The molecule has 6 nitrogen and oxygen atoms in total. The molecule has 0 saturated heterocycles. The van der Waals surface area contributed by atoms with Crippen molar-refractivity contribution in [3.05, 3.63) is 59.4 Å². The highest BCUT2D eigenvalue weighted by atomic mass is 19.1. The van der Waals surface area contributed by atoms with Crippen molar-refractivity contribution in [3.8, 4) is 0 Å². The van der Waals surface area contributed by atoms with E-state index in [2.05, 4.69) is 15.3 Å². The van der Waals surface area contributed by atoms with E-state index in [0.717, 1.165) is 5.56 Å². The number of nitrogens with one attached hydrogen (secondary N) is 1. The highest BCUT2D eigenvalue weighted by molar-refractivity contribution is 5.92. The minimum Gasteiger partial charge on any atom is -0.369 e. The Bertz CT molecular complexity index is 686. The Balaban J connectivity index is 1.96. The molecule has 0 bridgehead atoms. The number of primary amides is 1. The van der Waals surface area contributed by atoms with Crippen molar-refractivity contribution in [1.29, 1.82) is 0 Å². The summed E-state index contributed by atoms with van der Waals surface area (Å²) in [6.45, 7) is 1.83. The average molecular weight is 316 g/mol. The minimum atomic E-state index is -0.595. The van der Waals surface area contributed by atoms with Crippen LogP contribution in [0.5, 0.6) is 0 Å². The Kier molecular flexibility index (Phi) is 5.35. The lowest BCUT2D eigenvalue weighted by Crippen LogP contribution is -2.37. The van der Waals surface area contributed by atoms with Crippen molar-refractivity contribution in [3.63, 3.8) is 0 Å². The molecular formula is C16H17FN4O2. The third-order valence-electron chi connectivity index (χ3n) is 3.32. The van der Waals surface area contributed by atoms with Crippen LogP contribution < -0.4 is 11.1 Å². The van der Waals surface area contributed by atoms with Gasteiger partial charge in [0.1, 0.15) is 11.5 Å². The quantitative estimate of drug-likeness (QED) is 0.830. The van der Waals surface area contributed by atoms with Gasteiger partial charge < -0.3 is 11.1 Å². The van der Waals surface area contributed by atoms with Gasteiger partial charge in [-0.2, -0.15) is 0 Å². The summed E-state index contributed by atoms with van der Waals surface area (Å²) in [5.41, 5.74) is 7.00. The summed E-state index contributed by atoms with van der Waals surface area (Å²) >= 11 is 0. The Morgan fingerprint density at radius 1 is 1.22 bits per heavy atom. The lowest BCUT2D eigenvalue weighted by Gasteiger charge is -2.14. The SMILES string of the molecule is Cc1cnc(C(=O)NC[C@@H](Cc2ccc(F)cc2)C(N)=O)cn1. The van der Waals surface area contributed by atoms with Gasteiger partial charge >= 0.3 is 0 Å².